The summed E-state index contributed by atoms with van der Waals surface area (Å²) in [6, 6.07) is 13.0. The number of hydrogen-bond acceptors (Lipinski definition) is 6. The second-order valence-corrected chi connectivity index (χ2v) is 9.39. The summed E-state index contributed by atoms with van der Waals surface area (Å²) in [6.07, 6.45) is 0. The van der Waals surface area contributed by atoms with Gasteiger partial charge >= 0.3 is 0 Å². The first kappa shape index (κ1) is 24.0. The van der Waals surface area contributed by atoms with Crippen LogP contribution in [0.15, 0.2) is 47.8 Å². The van der Waals surface area contributed by atoms with Crippen molar-refractivity contribution in [2.45, 2.75) is 6.61 Å². The molecular formula is C24H25Cl2N3O3S. The second-order valence-electron chi connectivity index (χ2n) is 7.69. The monoisotopic (exact) mass is 505 g/mol. The van der Waals surface area contributed by atoms with Crippen molar-refractivity contribution >= 4 is 40.4 Å². The van der Waals surface area contributed by atoms with E-state index in [0.29, 0.717) is 47.8 Å². The molecule has 1 saturated heterocycles. The molecule has 2 aromatic carbocycles. The van der Waals surface area contributed by atoms with Crippen LogP contribution in [0.4, 0.5) is 0 Å². The number of hydrogen-bond donors (Lipinski definition) is 0. The van der Waals surface area contributed by atoms with Gasteiger partial charge in [-0.15, -0.1) is 11.3 Å². The Labute approximate surface area is 207 Å². The van der Waals surface area contributed by atoms with Crippen LogP contribution in [-0.4, -0.2) is 67.1 Å². The number of piperazine rings is 1. The van der Waals surface area contributed by atoms with Crippen molar-refractivity contribution in [1.29, 1.82) is 0 Å². The molecule has 4 rings (SSSR count). The molecule has 0 radical (unpaired) electrons. The van der Waals surface area contributed by atoms with Crippen LogP contribution in [-0.2, 0) is 11.3 Å². The highest BCUT2D eigenvalue weighted by atomic mass is 35.5. The van der Waals surface area contributed by atoms with Crippen molar-refractivity contribution in [2.75, 3.05) is 46.4 Å². The number of para-hydroxylation sites is 1. The normalized spacial score (nSPS) is 14.5. The maximum Gasteiger partial charge on any atom is 0.273 e. The van der Waals surface area contributed by atoms with E-state index in [0.717, 1.165) is 35.8 Å². The number of halogens is 2. The first-order valence-electron chi connectivity index (χ1n) is 10.7. The molecule has 2 heterocycles. The summed E-state index contributed by atoms with van der Waals surface area (Å²) in [4.78, 5) is 21.8. The van der Waals surface area contributed by atoms with Gasteiger partial charge in [-0.3, -0.25) is 9.69 Å². The molecule has 0 N–H and O–H groups in total. The van der Waals surface area contributed by atoms with Crippen LogP contribution in [0.1, 0.15) is 16.1 Å². The summed E-state index contributed by atoms with van der Waals surface area (Å²) >= 11 is 13.7. The minimum absolute atomic E-state index is 0.0322. The van der Waals surface area contributed by atoms with Gasteiger partial charge in [0.1, 0.15) is 23.1 Å². The van der Waals surface area contributed by atoms with E-state index in [1.54, 1.807) is 19.2 Å². The zero-order chi connectivity index (χ0) is 23.2. The molecule has 0 bridgehead atoms. The number of thiazole rings is 1. The molecule has 174 valence electrons. The lowest BCUT2D eigenvalue weighted by Crippen LogP contribution is -2.49. The summed E-state index contributed by atoms with van der Waals surface area (Å²) in [6.45, 7) is 4.96. The summed E-state index contributed by atoms with van der Waals surface area (Å²) < 4.78 is 11.2. The average molecular weight is 506 g/mol. The van der Waals surface area contributed by atoms with Crippen LogP contribution < -0.4 is 4.74 Å². The molecule has 0 unspecified atom stereocenters. The van der Waals surface area contributed by atoms with E-state index in [1.807, 2.05) is 40.6 Å². The minimum atomic E-state index is -0.0322. The molecule has 0 aliphatic carbocycles. The number of rotatable bonds is 8. The molecule has 0 spiro atoms. The highest BCUT2D eigenvalue weighted by molar-refractivity contribution is 7.13. The highest BCUT2D eigenvalue weighted by Gasteiger charge is 2.24. The van der Waals surface area contributed by atoms with Crippen LogP contribution >= 0.6 is 34.5 Å². The van der Waals surface area contributed by atoms with Gasteiger partial charge in [-0.25, -0.2) is 4.98 Å². The number of carbonyl (C=O) groups is 1. The Morgan fingerprint density at radius 1 is 1.12 bits per heavy atom. The molecule has 9 heteroatoms. The van der Waals surface area contributed by atoms with E-state index < -0.39 is 0 Å². The molecule has 6 nitrogen and oxygen atoms in total. The van der Waals surface area contributed by atoms with E-state index in [4.69, 9.17) is 32.7 Å². The Kier molecular flexibility index (Phi) is 8.22. The Bertz CT molecular complexity index is 1100. The second kappa shape index (κ2) is 11.3. The van der Waals surface area contributed by atoms with E-state index in [9.17, 15) is 4.79 Å². The van der Waals surface area contributed by atoms with Gasteiger partial charge < -0.3 is 14.4 Å². The number of benzene rings is 2. The molecule has 0 atom stereocenters. The Morgan fingerprint density at radius 2 is 1.91 bits per heavy atom. The largest absolute Gasteiger partial charge is 0.488 e. The Hall–Kier alpha value is -2.16. The summed E-state index contributed by atoms with van der Waals surface area (Å²) in [5.74, 6) is 0.652. The lowest BCUT2D eigenvalue weighted by molar-refractivity contribution is 0.0589. The number of nitrogens with zero attached hydrogens (tertiary/aromatic N) is 3. The number of carbonyl (C=O) groups excluding carboxylic acids is 1. The van der Waals surface area contributed by atoms with Gasteiger partial charge in [0, 0.05) is 60.8 Å². The van der Waals surface area contributed by atoms with Gasteiger partial charge in [-0.1, -0.05) is 41.4 Å². The third-order valence-electron chi connectivity index (χ3n) is 5.51. The van der Waals surface area contributed by atoms with Crippen molar-refractivity contribution in [2.24, 2.45) is 0 Å². The summed E-state index contributed by atoms with van der Waals surface area (Å²) in [7, 11) is 1.70. The fourth-order valence-corrected chi connectivity index (χ4v) is 4.90. The van der Waals surface area contributed by atoms with Gasteiger partial charge in [0.15, 0.2) is 0 Å². The third-order valence-corrected chi connectivity index (χ3v) is 6.97. The molecule has 3 aromatic rings. The standard InChI is InChI=1S/C24H25Cl2N3O3S/c1-31-13-12-28-8-10-29(11-9-28)24(30)21-16-33-23(27-21)19-4-2-3-5-22(19)32-15-17-6-7-18(25)14-20(17)26/h2-7,14,16H,8-13,15H2,1H3. The maximum absolute atomic E-state index is 13.0. The number of methoxy groups -OCH3 is 1. The minimum Gasteiger partial charge on any atom is -0.488 e. The Morgan fingerprint density at radius 3 is 2.67 bits per heavy atom. The fraction of sp³-hybridized carbons (Fsp3) is 0.333. The highest BCUT2D eigenvalue weighted by Crippen LogP contribution is 2.33. The zero-order valence-electron chi connectivity index (χ0n) is 18.3. The number of amides is 1. The quantitative estimate of drug-likeness (QED) is 0.426. The molecule has 1 aliphatic rings. The van der Waals surface area contributed by atoms with Crippen LogP contribution in [0.3, 0.4) is 0 Å². The molecule has 1 aliphatic heterocycles. The van der Waals surface area contributed by atoms with Gasteiger partial charge in [-0.2, -0.15) is 0 Å². The van der Waals surface area contributed by atoms with Crippen LogP contribution in [0.25, 0.3) is 10.6 Å². The topological polar surface area (TPSA) is 54.9 Å². The van der Waals surface area contributed by atoms with Gasteiger partial charge in [0.25, 0.3) is 5.91 Å². The Balaban J connectivity index is 1.43. The van der Waals surface area contributed by atoms with E-state index >= 15 is 0 Å². The van der Waals surface area contributed by atoms with Crippen molar-refractivity contribution in [1.82, 2.24) is 14.8 Å². The van der Waals surface area contributed by atoms with Crippen LogP contribution in [0, 0.1) is 0 Å². The smallest absolute Gasteiger partial charge is 0.273 e. The lowest BCUT2D eigenvalue weighted by Gasteiger charge is -2.34. The van der Waals surface area contributed by atoms with Gasteiger partial charge in [-0.05, 0) is 24.3 Å². The van der Waals surface area contributed by atoms with Crippen molar-refractivity contribution in [3.05, 3.63) is 69.1 Å². The number of ether oxygens (including phenoxy) is 2. The molecular weight excluding hydrogens is 481 g/mol. The van der Waals surface area contributed by atoms with E-state index in [-0.39, 0.29) is 5.91 Å². The van der Waals surface area contributed by atoms with Gasteiger partial charge in [0.05, 0.1) is 12.2 Å². The predicted octanol–water partition coefficient (Wildman–Crippen LogP) is 5.10. The summed E-state index contributed by atoms with van der Waals surface area (Å²) in [5.41, 5.74) is 2.16. The number of aromatic nitrogens is 1. The van der Waals surface area contributed by atoms with E-state index in [2.05, 4.69) is 9.88 Å². The first-order valence-corrected chi connectivity index (χ1v) is 12.3. The van der Waals surface area contributed by atoms with Crippen molar-refractivity contribution in [3.8, 4) is 16.3 Å². The molecule has 1 fully saturated rings. The zero-order valence-corrected chi connectivity index (χ0v) is 20.6. The molecule has 1 aromatic heterocycles. The molecule has 33 heavy (non-hydrogen) atoms. The average Bonchev–Trinajstić information content (AvgIpc) is 3.32. The summed E-state index contributed by atoms with van der Waals surface area (Å²) in [5, 5.41) is 3.71. The predicted molar refractivity (Wildman–Crippen MR) is 133 cm³/mol. The van der Waals surface area contributed by atoms with Crippen molar-refractivity contribution in [3.63, 3.8) is 0 Å². The van der Waals surface area contributed by atoms with Crippen LogP contribution in [0.2, 0.25) is 10.0 Å². The third kappa shape index (κ3) is 6.05. The fourth-order valence-electron chi connectivity index (χ4n) is 3.62. The molecule has 0 saturated carbocycles. The lowest BCUT2D eigenvalue weighted by atomic mass is 10.2. The SMILES string of the molecule is COCCN1CCN(C(=O)c2csc(-c3ccccc3OCc3ccc(Cl)cc3Cl)n2)CC1. The van der Waals surface area contributed by atoms with Crippen molar-refractivity contribution < 1.29 is 14.3 Å². The first-order chi connectivity index (χ1) is 16.0. The van der Waals surface area contributed by atoms with Gasteiger partial charge in [0.2, 0.25) is 0 Å². The van der Waals surface area contributed by atoms with E-state index in [1.165, 1.54) is 11.3 Å². The van der Waals surface area contributed by atoms with Crippen LogP contribution in [0.5, 0.6) is 5.75 Å². The maximum atomic E-state index is 13.0. The molecule has 1 amide bonds.